The molecule has 1 unspecified atom stereocenters. The van der Waals surface area contributed by atoms with Crippen LogP contribution in [0.3, 0.4) is 0 Å². The smallest absolute Gasteiger partial charge is 0.410 e. The summed E-state index contributed by atoms with van der Waals surface area (Å²) in [6.07, 6.45) is -0.277. The fourth-order valence-corrected chi connectivity index (χ4v) is 2.03. The van der Waals surface area contributed by atoms with Gasteiger partial charge in [0.15, 0.2) is 0 Å². The van der Waals surface area contributed by atoms with Crippen LogP contribution in [0.15, 0.2) is 24.3 Å². The van der Waals surface area contributed by atoms with Crippen LogP contribution in [0.25, 0.3) is 0 Å². The van der Waals surface area contributed by atoms with Crippen LogP contribution in [-0.2, 0) is 4.74 Å². The predicted molar refractivity (Wildman–Crippen MR) is 64.1 cm³/mol. The van der Waals surface area contributed by atoms with Crippen LogP contribution < -0.4 is 4.74 Å². The number of benzene rings is 1. The molecular weight excluding hydrogens is 218 g/mol. The van der Waals surface area contributed by atoms with Gasteiger partial charge in [0.05, 0.1) is 19.2 Å². The SMILES string of the molecule is CCOC(=O)N1CCOc2ccccc2C1C. The van der Waals surface area contributed by atoms with Gasteiger partial charge in [-0.25, -0.2) is 4.79 Å². The fourth-order valence-electron chi connectivity index (χ4n) is 2.03. The van der Waals surface area contributed by atoms with Gasteiger partial charge in [0.1, 0.15) is 12.4 Å². The predicted octanol–water partition coefficient (Wildman–Crippen LogP) is 2.60. The van der Waals surface area contributed by atoms with Crippen LogP contribution in [0.1, 0.15) is 25.5 Å². The fraction of sp³-hybridized carbons (Fsp3) is 0.462. The van der Waals surface area contributed by atoms with Crippen molar-refractivity contribution in [3.8, 4) is 5.75 Å². The van der Waals surface area contributed by atoms with E-state index in [-0.39, 0.29) is 12.1 Å². The highest BCUT2D eigenvalue weighted by Gasteiger charge is 2.27. The number of fused-ring (bicyclic) bond motifs is 1. The Morgan fingerprint density at radius 2 is 2.29 bits per heavy atom. The topological polar surface area (TPSA) is 38.8 Å². The molecule has 0 aromatic heterocycles. The van der Waals surface area contributed by atoms with Gasteiger partial charge in [-0.1, -0.05) is 18.2 Å². The van der Waals surface area contributed by atoms with Gasteiger partial charge in [-0.15, -0.1) is 0 Å². The Balaban J connectivity index is 2.25. The molecule has 0 fully saturated rings. The van der Waals surface area contributed by atoms with Gasteiger partial charge in [0.2, 0.25) is 0 Å². The Hall–Kier alpha value is -1.71. The molecular formula is C13H17NO3. The van der Waals surface area contributed by atoms with E-state index in [2.05, 4.69) is 0 Å². The number of ether oxygens (including phenoxy) is 2. The van der Waals surface area contributed by atoms with Crippen molar-refractivity contribution in [3.05, 3.63) is 29.8 Å². The summed E-state index contributed by atoms with van der Waals surface area (Å²) >= 11 is 0. The summed E-state index contributed by atoms with van der Waals surface area (Å²) in [6.45, 7) is 5.24. The van der Waals surface area contributed by atoms with Crippen molar-refractivity contribution in [2.75, 3.05) is 19.8 Å². The maximum atomic E-state index is 11.8. The monoisotopic (exact) mass is 235 g/mol. The number of para-hydroxylation sites is 1. The van der Waals surface area contributed by atoms with E-state index < -0.39 is 0 Å². The first-order valence-electron chi connectivity index (χ1n) is 5.89. The third-order valence-electron chi connectivity index (χ3n) is 2.93. The molecule has 4 heteroatoms. The van der Waals surface area contributed by atoms with Crippen molar-refractivity contribution < 1.29 is 14.3 Å². The lowest BCUT2D eigenvalue weighted by molar-refractivity contribution is 0.0908. The first kappa shape index (κ1) is 11.8. The van der Waals surface area contributed by atoms with Gasteiger partial charge in [-0.2, -0.15) is 0 Å². The second-order valence-corrected chi connectivity index (χ2v) is 3.95. The molecule has 1 atom stereocenters. The van der Waals surface area contributed by atoms with Crippen molar-refractivity contribution in [2.45, 2.75) is 19.9 Å². The highest BCUT2D eigenvalue weighted by atomic mass is 16.6. The van der Waals surface area contributed by atoms with Gasteiger partial charge < -0.3 is 9.47 Å². The molecule has 0 spiro atoms. The summed E-state index contributed by atoms with van der Waals surface area (Å²) in [4.78, 5) is 13.5. The van der Waals surface area contributed by atoms with Crippen molar-refractivity contribution in [3.63, 3.8) is 0 Å². The minimum atomic E-state index is -0.277. The first-order chi connectivity index (χ1) is 8.24. The van der Waals surface area contributed by atoms with Gasteiger partial charge in [-0.3, -0.25) is 4.90 Å². The number of carbonyl (C=O) groups excluding carboxylic acids is 1. The summed E-state index contributed by atoms with van der Waals surface area (Å²) in [5.41, 5.74) is 1.03. The van der Waals surface area contributed by atoms with Crippen molar-refractivity contribution >= 4 is 6.09 Å². The summed E-state index contributed by atoms with van der Waals surface area (Å²) in [5.74, 6) is 0.854. The molecule has 1 aliphatic heterocycles. The van der Waals surface area contributed by atoms with E-state index in [1.165, 1.54) is 0 Å². The highest BCUT2D eigenvalue weighted by Crippen LogP contribution is 2.31. The van der Waals surface area contributed by atoms with Gasteiger partial charge >= 0.3 is 6.09 Å². The zero-order chi connectivity index (χ0) is 12.3. The molecule has 1 aromatic carbocycles. The minimum absolute atomic E-state index is 0.0206. The molecule has 0 bridgehead atoms. The summed E-state index contributed by atoms with van der Waals surface area (Å²) in [6, 6.07) is 7.78. The number of hydrogen-bond donors (Lipinski definition) is 0. The van der Waals surface area contributed by atoms with E-state index in [1.807, 2.05) is 38.1 Å². The number of hydrogen-bond acceptors (Lipinski definition) is 3. The van der Waals surface area contributed by atoms with Gasteiger partial charge in [0, 0.05) is 5.56 Å². The summed E-state index contributed by atoms with van der Waals surface area (Å²) in [5, 5.41) is 0. The van der Waals surface area contributed by atoms with E-state index in [0.717, 1.165) is 11.3 Å². The van der Waals surface area contributed by atoms with Crippen LogP contribution in [0.4, 0.5) is 4.79 Å². The molecule has 17 heavy (non-hydrogen) atoms. The van der Waals surface area contributed by atoms with E-state index in [0.29, 0.717) is 19.8 Å². The van der Waals surface area contributed by atoms with E-state index in [9.17, 15) is 4.79 Å². The standard InChI is InChI=1S/C13H17NO3/c1-3-16-13(15)14-8-9-17-12-7-5-4-6-11(12)10(14)2/h4-7,10H,3,8-9H2,1-2H3. The molecule has 92 valence electrons. The Labute approximate surface area is 101 Å². The quantitative estimate of drug-likeness (QED) is 0.751. The lowest BCUT2D eigenvalue weighted by atomic mass is 10.1. The van der Waals surface area contributed by atoms with Crippen molar-refractivity contribution in [1.29, 1.82) is 0 Å². The third-order valence-corrected chi connectivity index (χ3v) is 2.93. The van der Waals surface area contributed by atoms with Crippen LogP contribution in [0, 0.1) is 0 Å². The number of amides is 1. The maximum Gasteiger partial charge on any atom is 0.410 e. The Morgan fingerprint density at radius 3 is 3.06 bits per heavy atom. The lowest BCUT2D eigenvalue weighted by Crippen LogP contribution is -2.35. The van der Waals surface area contributed by atoms with E-state index in [4.69, 9.17) is 9.47 Å². The van der Waals surface area contributed by atoms with Gasteiger partial charge in [-0.05, 0) is 19.9 Å². The maximum absolute atomic E-state index is 11.8. The second kappa shape index (κ2) is 5.08. The van der Waals surface area contributed by atoms with Crippen molar-refractivity contribution in [2.24, 2.45) is 0 Å². The minimum Gasteiger partial charge on any atom is -0.491 e. The Morgan fingerprint density at radius 1 is 1.53 bits per heavy atom. The third kappa shape index (κ3) is 2.35. The molecule has 2 rings (SSSR count). The lowest BCUT2D eigenvalue weighted by Gasteiger charge is -2.25. The molecule has 0 N–H and O–H groups in total. The molecule has 1 aliphatic rings. The molecule has 0 saturated heterocycles. The molecule has 1 heterocycles. The van der Waals surface area contributed by atoms with Crippen LogP contribution >= 0.6 is 0 Å². The second-order valence-electron chi connectivity index (χ2n) is 3.95. The molecule has 1 aromatic rings. The average Bonchev–Trinajstić information content (AvgIpc) is 2.50. The number of rotatable bonds is 1. The normalized spacial score (nSPS) is 18.9. The summed E-state index contributed by atoms with van der Waals surface area (Å²) < 4.78 is 10.7. The largest absolute Gasteiger partial charge is 0.491 e. The molecule has 0 aliphatic carbocycles. The zero-order valence-corrected chi connectivity index (χ0v) is 10.2. The Bertz CT molecular complexity index is 405. The molecule has 1 amide bonds. The van der Waals surface area contributed by atoms with E-state index in [1.54, 1.807) is 4.90 Å². The van der Waals surface area contributed by atoms with Crippen molar-refractivity contribution in [1.82, 2.24) is 4.90 Å². The van der Waals surface area contributed by atoms with E-state index >= 15 is 0 Å². The zero-order valence-electron chi connectivity index (χ0n) is 10.2. The van der Waals surface area contributed by atoms with Crippen LogP contribution in [0.5, 0.6) is 5.75 Å². The highest BCUT2D eigenvalue weighted by molar-refractivity contribution is 5.68. The van der Waals surface area contributed by atoms with Gasteiger partial charge in [0.25, 0.3) is 0 Å². The molecule has 0 radical (unpaired) electrons. The molecule has 4 nitrogen and oxygen atoms in total. The molecule has 0 saturated carbocycles. The number of carbonyl (C=O) groups is 1. The average molecular weight is 235 g/mol. The van der Waals surface area contributed by atoms with Crippen LogP contribution in [-0.4, -0.2) is 30.8 Å². The Kier molecular flexibility index (Phi) is 3.52. The first-order valence-corrected chi connectivity index (χ1v) is 5.89. The van der Waals surface area contributed by atoms with Crippen LogP contribution in [0.2, 0.25) is 0 Å². The number of nitrogens with zero attached hydrogens (tertiary/aromatic N) is 1. The summed E-state index contributed by atoms with van der Waals surface area (Å²) in [7, 11) is 0.